The molecule has 0 unspecified atom stereocenters. The average Bonchev–Trinajstić information content (AvgIpc) is 3.07. The number of amides is 1. The van der Waals surface area contributed by atoms with Gasteiger partial charge in [0, 0.05) is 24.0 Å². The molecule has 0 aliphatic carbocycles. The van der Waals surface area contributed by atoms with Crippen molar-refractivity contribution in [3.05, 3.63) is 48.4 Å². The largest absolute Gasteiger partial charge is 0.346 e. The van der Waals surface area contributed by atoms with Crippen LogP contribution in [-0.4, -0.2) is 31.3 Å². The number of rotatable bonds is 4. The molecule has 0 saturated heterocycles. The van der Waals surface area contributed by atoms with Gasteiger partial charge in [0.15, 0.2) is 0 Å². The van der Waals surface area contributed by atoms with Crippen LogP contribution in [-0.2, 0) is 13.6 Å². The molecule has 22 heavy (non-hydrogen) atoms. The third-order valence-electron chi connectivity index (χ3n) is 3.54. The van der Waals surface area contributed by atoms with Crippen LogP contribution in [0.25, 0.3) is 10.9 Å². The van der Waals surface area contributed by atoms with E-state index in [1.54, 1.807) is 34.8 Å². The monoisotopic (exact) mass is 301 g/mol. The molecule has 0 aliphatic heterocycles. The fourth-order valence-corrected chi connectivity index (χ4v) is 2.49. The third-order valence-corrected chi connectivity index (χ3v) is 3.54. The topological polar surface area (TPSA) is 64.7 Å². The van der Waals surface area contributed by atoms with Gasteiger partial charge in [-0.15, -0.1) is 0 Å². The van der Waals surface area contributed by atoms with Crippen LogP contribution in [0.3, 0.4) is 0 Å². The maximum absolute atomic E-state index is 13.3. The minimum atomic E-state index is -0.315. The Labute approximate surface area is 126 Å². The van der Waals surface area contributed by atoms with E-state index in [4.69, 9.17) is 0 Å². The van der Waals surface area contributed by atoms with Crippen LogP contribution in [0, 0.1) is 5.82 Å². The van der Waals surface area contributed by atoms with E-state index in [9.17, 15) is 9.18 Å². The number of halogens is 1. The summed E-state index contributed by atoms with van der Waals surface area (Å²) in [6, 6.07) is 6.06. The summed E-state index contributed by atoms with van der Waals surface area (Å²) in [6.45, 7) is 2.42. The smallest absolute Gasteiger partial charge is 0.268 e. The summed E-state index contributed by atoms with van der Waals surface area (Å²) in [5.41, 5.74) is 1.31. The van der Waals surface area contributed by atoms with Crippen molar-refractivity contribution in [3.8, 4) is 0 Å². The molecule has 114 valence electrons. The van der Waals surface area contributed by atoms with E-state index in [2.05, 4.69) is 15.4 Å². The van der Waals surface area contributed by atoms with Gasteiger partial charge < -0.3 is 9.88 Å². The second-order valence-corrected chi connectivity index (χ2v) is 5.28. The number of benzene rings is 1. The van der Waals surface area contributed by atoms with E-state index >= 15 is 0 Å². The first-order valence-corrected chi connectivity index (χ1v) is 6.93. The normalized spacial score (nSPS) is 12.5. The fourth-order valence-electron chi connectivity index (χ4n) is 2.49. The van der Waals surface area contributed by atoms with E-state index in [1.807, 2.05) is 6.92 Å². The lowest BCUT2D eigenvalue weighted by atomic mass is 10.2. The van der Waals surface area contributed by atoms with Gasteiger partial charge in [-0.2, -0.15) is 5.10 Å². The standard InChI is InChI=1S/C15H16FN5O/c1-10(7-21-9-17-8-18-21)19-15(22)14-6-11-5-12(16)3-4-13(11)20(14)2/h3-6,8-10H,7H2,1-2H3,(H,19,22)/t10-/m0/s1. The van der Waals surface area contributed by atoms with E-state index in [1.165, 1.54) is 18.5 Å². The number of nitrogens with zero attached hydrogens (tertiary/aromatic N) is 4. The highest BCUT2D eigenvalue weighted by Crippen LogP contribution is 2.19. The molecule has 1 amide bonds. The zero-order valence-corrected chi connectivity index (χ0v) is 12.3. The Hall–Kier alpha value is -2.70. The van der Waals surface area contributed by atoms with Crippen molar-refractivity contribution >= 4 is 16.8 Å². The number of hydrogen-bond donors (Lipinski definition) is 1. The van der Waals surface area contributed by atoms with Crippen molar-refractivity contribution in [3.63, 3.8) is 0 Å². The van der Waals surface area contributed by atoms with E-state index < -0.39 is 0 Å². The zero-order valence-electron chi connectivity index (χ0n) is 12.3. The predicted octanol–water partition coefficient (Wildman–Crippen LogP) is 1.73. The summed E-state index contributed by atoms with van der Waals surface area (Å²) in [5, 5.41) is 7.62. The van der Waals surface area contributed by atoms with Gasteiger partial charge in [0.25, 0.3) is 5.91 Å². The maximum atomic E-state index is 13.3. The number of aryl methyl sites for hydroxylation is 1. The molecule has 0 fully saturated rings. The summed E-state index contributed by atoms with van der Waals surface area (Å²) in [7, 11) is 1.79. The SMILES string of the molecule is C[C@@H](Cn1cncn1)NC(=O)c1cc2cc(F)ccc2n1C. The number of carbonyl (C=O) groups excluding carboxylic acids is 1. The van der Waals surface area contributed by atoms with Gasteiger partial charge in [-0.3, -0.25) is 9.48 Å². The molecule has 2 heterocycles. The molecule has 1 atom stereocenters. The summed E-state index contributed by atoms with van der Waals surface area (Å²) in [5.74, 6) is -0.517. The summed E-state index contributed by atoms with van der Waals surface area (Å²) < 4.78 is 16.7. The first-order valence-electron chi connectivity index (χ1n) is 6.93. The van der Waals surface area contributed by atoms with Crippen molar-refractivity contribution < 1.29 is 9.18 Å². The van der Waals surface area contributed by atoms with Gasteiger partial charge in [-0.05, 0) is 31.2 Å². The van der Waals surface area contributed by atoms with Crippen LogP contribution in [0.4, 0.5) is 4.39 Å². The summed E-state index contributed by atoms with van der Waals surface area (Å²) in [4.78, 5) is 16.3. The van der Waals surface area contributed by atoms with Crippen LogP contribution in [0.15, 0.2) is 36.9 Å². The van der Waals surface area contributed by atoms with Gasteiger partial charge in [0.2, 0.25) is 0 Å². The van der Waals surface area contributed by atoms with Gasteiger partial charge >= 0.3 is 0 Å². The lowest BCUT2D eigenvalue weighted by Gasteiger charge is -2.14. The Kier molecular flexibility index (Phi) is 3.62. The molecule has 1 N–H and O–H groups in total. The van der Waals surface area contributed by atoms with Gasteiger partial charge in [0.05, 0.1) is 6.54 Å². The minimum Gasteiger partial charge on any atom is -0.346 e. The number of hydrogen-bond acceptors (Lipinski definition) is 3. The predicted molar refractivity (Wildman–Crippen MR) is 79.8 cm³/mol. The van der Waals surface area contributed by atoms with Crippen LogP contribution in [0.2, 0.25) is 0 Å². The molecule has 6 nitrogen and oxygen atoms in total. The highest BCUT2D eigenvalue weighted by atomic mass is 19.1. The van der Waals surface area contributed by atoms with Crippen molar-refractivity contribution in [2.45, 2.75) is 19.5 Å². The van der Waals surface area contributed by atoms with Gasteiger partial charge in [-0.1, -0.05) is 0 Å². The average molecular weight is 301 g/mol. The molecule has 0 spiro atoms. The van der Waals surface area contributed by atoms with Crippen molar-refractivity contribution in [2.75, 3.05) is 0 Å². The number of nitrogens with one attached hydrogen (secondary N) is 1. The van der Waals surface area contributed by atoms with Gasteiger partial charge in [0.1, 0.15) is 24.2 Å². The quantitative estimate of drug-likeness (QED) is 0.798. The molecule has 0 saturated carbocycles. The Bertz CT molecular complexity index is 809. The maximum Gasteiger partial charge on any atom is 0.268 e. The number of fused-ring (bicyclic) bond motifs is 1. The van der Waals surface area contributed by atoms with Crippen molar-refractivity contribution in [1.82, 2.24) is 24.6 Å². The minimum absolute atomic E-state index is 0.107. The molecular weight excluding hydrogens is 285 g/mol. The molecule has 3 aromatic rings. The van der Waals surface area contributed by atoms with Crippen LogP contribution in [0.1, 0.15) is 17.4 Å². The molecule has 0 bridgehead atoms. The number of aromatic nitrogens is 4. The molecule has 2 aromatic heterocycles. The Morgan fingerprint density at radius 2 is 2.23 bits per heavy atom. The molecular formula is C15H16FN5O. The molecule has 7 heteroatoms. The van der Waals surface area contributed by atoms with E-state index in [0.717, 1.165) is 5.52 Å². The molecule has 0 radical (unpaired) electrons. The Balaban J connectivity index is 1.78. The summed E-state index contributed by atoms with van der Waals surface area (Å²) >= 11 is 0. The Morgan fingerprint density at radius 1 is 1.41 bits per heavy atom. The molecule has 0 aliphatic rings. The first kappa shape index (κ1) is 14.2. The van der Waals surface area contributed by atoms with Crippen LogP contribution < -0.4 is 5.32 Å². The second kappa shape index (κ2) is 5.59. The Morgan fingerprint density at radius 3 is 2.95 bits per heavy atom. The van der Waals surface area contributed by atoms with Crippen molar-refractivity contribution in [1.29, 1.82) is 0 Å². The van der Waals surface area contributed by atoms with E-state index in [0.29, 0.717) is 17.6 Å². The van der Waals surface area contributed by atoms with Gasteiger partial charge in [-0.25, -0.2) is 9.37 Å². The first-order chi connectivity index (χ1) is 10.5. The molecule has 3 rings (SSSR count). The second-order valence-electron chi connectivity index (χ2n) is 5.28. The molecule has 1 aromatic carbocycles. The van der Waals surface area contributed by atoms with E-state index in [-0.39, 0.29) is 17.8 Å². The highest BCUT2D eigenvalue weighted by molar-refractivity contribution is 5.98. The lowest BCUT2D eigenvalue weighted by molar-refractivity contribution is 0.0928. The number of carbonyl (C=O) groups is 1. The third kappa shape index (κ3) is 2.69. The van der Waals surface area contributed by atoms with Crippen molar-refractivity contribution in [2.24, 2.45) is 7.05 Å². The van der Waals surface area contributed by atoms with Crippen LogP contribution in [0.5, 0.6) is 0 Å². The zero-order chi connectivity index (χ0) is 15.7. The lowest BCUT2D eigenvalue weighted by Crippen LogP contribution is -2.36. The summed E-state index contributed by atoms with van der Waals surface area (Å²) in [6.07, 6.45) is 3.05. The van der Waals surface area contributed by atoms with Crippen LogP contribution >= 0.6 is 0 Å². The fraction of sp³-hybridized carbons (Fsp3) is 0.267. The highest BCUT2D eigenvalue weighted by Gasteiger charge is 2.16.